The van der Waals surface area contributed by atoms with Gasteiger partial charge in [-0.25, -0.2) is 9.97 Å². The van der Waals surface area contributed by atoms with Crippen molar-refractivity contribution in [3.63, 3.8) is 0 Å². The van der Waals surface area contributed by atoms with Crippen molar-refractivity contribution in [1.82, 2.24) is 9.97 Å². The highest BCUT2D eigenvalue weighted by Gasteiger charge is 2.70. The van der Waals surface area contributed by atoms with E-state index >= 15 is 0 Å². The second kappa shape index (κ2) is 4.53. The lowest BCUT2D eigenvalue weighted by Gasteiger charge is -2.70. The molecule has 3 fully saturated rings. The number of rotatable bonds is 4. The molecular weight excluding hydrogens is 300 g/mol. The second-order valence-electron chi connectivity index (χ2n) is 8.58. The van der Waals surface area contributed by atoms with Gasteiger partial charge in [-0.05, 0) is 42.8 Å². The Morgan fingerprint density at radius 3 is 2.19 bits per heavy atom. The fraction of sp³-hybridized carbons (Fsp3) is 0.750. The minimum absolute atomic E-state index is 0.224. The maximum atomic E-state index is 6.42. The van der Waals surface area contributed by atoms with Crippen molar-refractivity contribution in [2.24, 2.45) is 5.41 Å². The third kappa shape index (κ3) is 2.45. The van der Waals surface area contributed by atoms with Gasteiger partial charge in [-0.2, -0.15) is 0 Å². The van der Waals surface area contributed by atoms with Crippen LogP contribution in [0.2, 0.25) is 23.2 Å². The van der Waals surface area contributed by atoms with Gasteiger partial charge >= 0.3 is 0 Å². The van der Waals surface area contributed by atoms with Gasteiger partial charge in [0.25, 0.3) is 0 Å². The van der Waals surface area contributed by atoms with E-state index in [2.05, 4.69) is 43.8 Å². The predicted molar refractivity (Wildman–Crippen MR) is 88.2 cm³/mol. The fourth-order valence-electron chi connectivity index (χ4n) is 3.52. The van der Waals surface area contributed by atoms with Gasteiger partial charge in [0.15, 0.2) is 8.32 Å². The van der Waals surface area contributed by atoms with Gasteiger partial charge in [0, 0.05) is 24.4 Å². The van der Waals surface area contributed by atoms with Crippen LogP contribution in [-0.4, -0.2) is 24.9 Å². The molecule has 116 valence electrons. The molecule has 3 nitrogen and oxygen atoms in total. The average Bonchev–Trinajstić information content (AvgIpc) is 2.26. The molecule has 0 aliphatic heterocycles. The van der Waals surface area contributed by atoms with Crippen LogP contribution < -0.4 is 0 Å². The summed E-state index contributed by atoms with van der Waals surface area (Å²) >= 11 is 5.87. The van der Waals surface area contributed by atoms with E-state index < -0.39 is 8.32 Å². The topological polar surface area (TPSA) is 35.0 Å². The molecule has 0 spiro atoms. The third-order valence-electron chi connectivity index (χ3n) is 5.78. The van der Waals surface area contributed by atoms with E-state index in [4.69, 9.17) is 16.0 Å². The normalized spacial score (nSPS) is 31.5. The molecular formula is C16H25ClN2OSi. The lowest BCUT2D eigenvalue weighted by Crippen LogP contribution is -2.67. The van der Waals surface area contributed by atoms with Crippen LogP contribution in [0.4, 0.5) is 0 Å². The van der Waals surface area contributed by atoms with E-state index in [1.165, 1.54) is 19.3 Å². The Balaban J connectivity index is 1.58. The van der Waals surface area contributed by atoms with E-state index in [0.717, 1.165) is 12.4 Å². The lowest BCUT2D eigenvalue weighted by atomic mass is 9.35. The van der Waals surface area contributed by atoms with Crippen molar-refractivity contribution in [1.29, 1.82) is 0 Å². The molecule has 1 aromatic heterocycles. The zero-order valence-electron chi connectivity index (χ0n) is 13.7. The molecule has 2 bridgehead atoms. The molecule has 5 heteroatoms. The van der Waals surface area contributed by atoms with Crippen molar-refractivity contribution in [3.8, 4) is 0 Å². The Hall–Kier alpha value is -0.453. The summed E-state index contributed by atoms with van der Waals surface area (Å²) in [4.78, 5) is 8.83. The highest BCUT2D eigenvalue weighted by atomic mass is 35.5. The lowest BCUT2D eigenvalue weighted by molar-refractivity contribution is -0.168. The molecule has 0 unspecified atom stereocenters. The summed E-state index contributed by atoms with van der Waals surface area (Å²) < 4.78 is 6.42. The first kappa shape index (κ1) is 15.4. The Morgan fingerprint density at radius 1 is 1.19 bits per heavy atom. The molecule has 0 saturated heterocycles. The van der Waals surface area contributed by atoms with E-state index in [-0.39, 0.29) is 10.5 Å². The molecule has 3 saturated carbocycles. The largest absolute Gasteiger partial charge is 0.416 e. The molecule has 3 aliphatic carbocycles. The summed E-state index contributed by atoms with van der Waals surface area (Å²) in [6.07, 6.45) is 6.95. The van der Waals surface area contributed by atoms with Crippen LogP contribution in [0, 0.1) is 5.41 Å². The molecule has 0 atom stereocenters. The smallest absolute Gasteiger partial charge is 0.192 e. The summed E-state index contributed by atoms with van der Waals surface area (Å²) in [6.45, 7) is 12.5. The van der Waals surface area contributed by atoms with Gasteiger partial charge in [-0.15, -0.1) is 0 Å². The first-order chi connectivity index (χ1) is 9.58. The number of nitrogens with zero attached hydrogens (tertiary/aromatic N) is 2. The molecule has 0 N–H and O–H groups in total. The monoisotopic (exact) mass is 324 g/mol. The van der Waals surface area contributed by atoms with Crippen LogP contribution in [0.3, 0.4) is 0 Å². The minimum atomic E-state index is -1.63. The van der Waals surface area contributed by atoms with Crippen LogP contribution in [0.1, 0.15) is 45.9 Å². The van der Waals surface area contributed by atoms with E-state index in [9.17, 15) is 0 Å². The highest BCUT2D eigenvalue weighted by molar-refractivity contribution is 6.74. The summed E-state index contributed by atoms with van der Waals surface area (Å²) in [5.41, 5.74) is 0.625. The standard InChI is InChI=1S/C16H25ClN2OSi/c1-14(2,3)21(4,5)20-11-15-8-16(9-15,10-15)13-18-6-12(17)7-19-13/h6-7H,8-11H2,1-5H3. The van der Waals surface area contributed by atoms with Crippen molar-refractivity contribution < 1.29 is 4.43 Å². The Kier molecular flexibility index (Phi) is 3.33. The summed E-state index contributed by atoms with van der Waals surface area (Å²) in [5, 5.41) is 0.898. The van der Waals surface area contributed by atoms with Gasteiger partial charge in [0.05, 0.1) is 5.02 Å². The van der Waals surface area contributed by atoms with Crippen LogP contribution in [0.25, 0.3) is 0 Å². The molecule has 21 heavy (non-hydrogen) atoms. The first-order valence-electron chi connectivity index (χ1n) is 7.70. The second-order valence-corrected chi connectivity index (χ2v) is 13.8. The zero-order chi connectivity index (χ0) is 15.5. The van der Waals surface area contributed by atoms with Crippen LogP contribution >= 0.6 is 11.6 Å². The maximum Gasteiger partial charge on any atom is 0.192 e. The average molecular weight is 325 g/mol. The van der Waals surface area contributed by atoms with Gasteiger partial charge in [-0.3, -0.25) is 0 Å². The van der Waals surface area contributed by atoms with Crippen molar-refractivity contribution in [2.75, 3.05) is 6.61 Å². The fourth-order valence-corrected chi connectivity index (χ4v) is 4.72. The van der Waals surface area contributed by atoms with Gasteiger partial charge in [-0.1, -0.05) is 32.4 Å². The first-order valence-corrected chi connectivity index (χ1v) is 11.0. The van der Waals surface area contributed by atoms with Crippen molar-refractivity contribution in [3.05, 3.63) is 23.2 Å². The van der Waals surface area contributed by atoms with E-state index in [1.807, 2.05) is 0 Å². The van der Waals surface area contributed by atoms with E-state index in [0.29, 0.717) is 10.4 Å². The molecule has 3 aliphatic rings. The SMILES string of the molecule is CC(C)(C)[Si](C)(C)OCC12CC(c3ncc(Cl)cn3)(C1)C2. The number of halogens is 1. The van der Waals surface area contributed by atoms with Crippen LogP contribution in [0.15, 0.2) is 12.4 Å². The molecule has 0 aromatic carbocycles. The Bertz CT molecular complexity index is 531. The van der Waals surface area contributed by atoms with Crippen LogP contribution in [0.5, 0.6) is 0 Å². The maximum absolute atomic E-state index is 6.42. The van der Waals surface area contributed by atoms with Crippen LogP contribution in [-0.2, 0) is 9.84 Å². The van der Waals surface area contributed by atoms with E-state index in [1.54, 1.807) is 12.4 Å². The number of hydrogen-bond donors (Lipinski definition) is 0. The summed E-state index contributed by atoms with van der Waals surface area (Å²) in [5.74, 6) is 0.973. The van der Waals surface area contributed by atoms with Crippen molar-refractivity contribution >= 4 is 19.9 Å². The Labute approximate surface area is 133 Å². The predicted octanol–water partition coefficient (Wildman–Crippen LogP) is 4.57. The van der Waals surface area contributed by atoms with Gasteiger partial charge in [0.1, 0.15) is 5.82 Å². The van der Waals surface area contributed by atoms with Gasteiger partial charge in [0.2, 0.25) is 0 Å². The third-order valence-corrected chi connectivity index (χ3v) is 10.5. The minimum Gasteiger partial charge on any atom is -0.416 e. The zero-order valence-corrected chi connectivity index (χ0v) is 15.4. The number of hydrogen-bond acceptors (Lipinski definition) is 3. The van der Waals surface area contributed by atoms with Crippen molar-refractivity contribution in [2.45, 2.75) is 63.6 Å². The number of aromatic nitrogens is 2. The molecule has 1 aromatic rings. The molecule has 0 amide bonds. The molecule has 4 rings (SSSR count). The Morgan fingerprint density at radius 2 is 1.71 bits per heavy atom. The molecule has 1 heterocycles. The summed E-state index contributed by atoms with van der Waals surface area (Å²) in [6, 6.07) is 0. The quantitative estimate of drug-likeness (QED) is 0.761. The highest BCUT2D eigenvalue weighted by Crippen LogP contribution is 2.73. The van der Waals surface area contributed by atoms with Gasteiger partial charge < -0.3 is 4.43 Å². The summed E-state index contributed by atoms with van der Waals surface area (Å²) in [7, 11) is -1.63. The molecule has 0 radical (unpaired) electrons.